The summed E-state index contributed by atoms with van der Waals surface area (Å²) in [5.74, 6) is 4.15. The number of benzene rings is 1. The first-order valence-corrected chi connectivity index (χ1v) is 6.42. The number of morpholine rings is 1. The fourth-order valence-electron chi connectivity index (χ4n) is 2.42. The second kappa shape index (κ2) is 5.47. The van der Waals surface area contributed by atoms with Crippen LogP contribution in [0.3, 0.4) is 0 Å². The topological polar surface area (TPSA) is 21.3 Å². The van der Waals surface area contributed by atoms with Crippen LogP contribution >= 0.6 is 0 Å². The molecule has 1 aliphatic heterocycles. The molecule has 2 aromatic rings. The Bertz CT molecular complexity index is 509. The third kappa shape index (κ3) is 2.38. The van der Waals surface area contributed by atoms with Gasteiger partial charge in [-0.15, -0.1) is 0 Å². The average Bonchev–Trinajstić information content (AvgIpc) is 2.49. The van der Waals surface area contributed by atoms with E-state index in [-0.39, 0.29) is 6.10 Å². The van der Waals surface area contributed by atoms with Crippen molar-refractivity contribution in [3.63, 3.8) is 0 Å². The van der Waals surface area contributed by atoms with Crippen LogP contribution in [-0.2, 0) is 4.74 Å². The molecule has 3 heteroatoms. The van der Waals surface area contributed by atoms with Gasteiger partial charge in [0.15, 0.2) is 0 Å². The molecule has 0 spiro atoms. The van der Waals surface area contributed by atoms with Gasteiger partial charge in [-0.25, -0.2) is 0 Å². The van der Waals surface area contributed by atoms with Gasteiger partial charge in [0.25, 0.3) is 0 Å². The molecule has 1 saturated heterocycles. The van der Waals surface area contributed by atoms with Crippen molar-refractivity contribution < 1.29 is 4.74 Å². The summed E-state index contributed by atoms with van der Waals surface area (Å²) in [6, 6.07) is 12.8. The first-order chi connectivity index (χ1) is 8.95. The van der Waals surface area contributed by atoms with Crippen molar-refractivity contribution in [1.29, 1.82) is 0 Å². The molecule has 2 heterocycles. The molecular weight excluding hydrogens is 221 g/mol. The van der Waals surface area contributed by atoms with Crippen molar-refractivity contribution in [1.82, 2.24) is 5.32 Å². The number of nitrogens with one attached hydrogen (secondary N) is 1. The van der Waals surface area contributed by atoms with E-state index in [1.54, 1.807) is 0 Å². The second-order valence-electron chi connectivity index (χ2n) is 4.52. The molecule has 18 heavy (non-hydrogen) atoms. The maximum absolute atomic E-state index is 5.86. The van der Waals surface area contributed by atoms with E-state index in [1.807, 2.05) is 6.91 Å². The van der Waals surface area contributed by atoms with Crippen LogP contribution in [0.5, 0.6) is 0 Å². The van der Waals surface area contributed by atoms with Gasteiger partial charge < -0.3 is 0 Å². The molecule has 1 unspecified atom stereocenters. The van der Waals surface area contributed by atoms with Gasteiger partial charge in [-0.05, 0) is 0 Å². The normalized spacial score (nSPS) is 19.4. The van der Waals surface area contributed by atoms with E-state index in [2.05, 4.69) is 53.6 Å². The van der Waals surface area contributed by atoms with Crippen LogP contribution in [0.2, 0.25) is 0 Å². The minimum atomic E-state index is 0.162. The summed E-state index contributed by atoms with van der Waals surface area (Å²) >= 11 is 0. The predicted molar refractivity (Wildman–Crippen MR) is 74.8 cm³/mol. The molecule has 1 aromatic carbocycles. The quantitative estimate of drug-likeness (QED) is 0.865. The van der Waals surface area contributed by atoms with Crippen LogP contribution in [-0.4, -0.2) is 26.6 Å². The molecule has 0 amide bonds. The van der Waals surface area contributed by atoms with Crippen LogP contribution in [0.4, 0.5) is 0 Å². The van der Waals surface area contributed by atoms with Gasteiger partial charge in [0, 0.05) is 0 Å². The number of ether oxygens (including phenoxy) is 1. The van der Waals surface area contributed by atoms with Gasteiger partial charge in [-0.1, -0.05) is 0 Å². The summed E-state index contributed by atoms with van der Waals surface area (Å²) in [5, 5.41) is 3.39. The van der Waals surface area contributed by atoms with Crippen molar-refractivity contribution in [3.05, 3.63) is 53.9 Å². The number of hydrogen-bond acceptors (Lipinski definition) is 2. The zero-order chi connectivity index (χ0) is 12.2. The molecule has 1 fully saturated rings. The molecule has 0 aliphatic carbocycles. The number of rotatable bonds is 2. The van der Waals surface area contributed by atoms with E-state index in [1.165, 1.54) is 16.7 Å². The van der Waals surface area contributed by atoms with E-state index in [9.17, 15) is 0 Å². The molecule has 3 rings (SSSR count). The maximum atomic E-state index is 5.86. The Morgan fingerprint density at radius 3 is 2.72 bits per heavy atom. The third-order valence-electron chi connectivity index (χ3n) is 3.32. The van der Waals surface area contributed by atoms with Crippen LogP contribution in [0.25, 0.3) is 11.1 Å². The van der Waals surface area contributed by atoms with Gasteiger partial charge in [0.05, 0.1) is 0 Å². The predicted octanol–water partition coefficient (Wildman–Crippen LogP) is 2.35. The van der Waals surface area contributed by atoms with Gasteiger partial charge in [-0.2, -0.15) is 0 Å². The van der Waals surface area contributed by atoms with Crippen molar-refractivity contribution in [2.75, 3.05) is 19.7 Å². The zero-order valence-electron chi connectivity index (χ0n) is 10.3. The molecule has 0 bridgehead atoms. The molecule has 1 atom stereocenters. The Hall–Kier alpha value is -1.45. The summed E-state index contributed by atoms with van der Waals surface area (Å²) in [6.45, 7) is 4.67. The standard InChI is InChI=1S/C15H16BNO/c1-2-4-14(15-11-17-9-10-18-15)13(3-1)12-5-7-16-8-6-12/h1-8,15,17H,9-11H2. The Morgan fingerprint density at radius 1 is 1.11 bits per heavy atom. The molecule has 90 valence electrons. The first-order valence-electron chi connectivity index (χ1n) is 6.42. The van der Waals surface area contributed by atoms with E-state index in [0.717, 1.165) is 19.7 Å². The Balaban J connectivity index is 1.99. The van der Waals surface area contributed by atoms with E-state index < -0.39 is 0 Å². The van der Waals surface area contributed by atoms with Crippen molar-refractivity contribution in [2.45, 2.75) is 6.10 Å². The van der Waals surface area contributed by atoms with E-state index >= 15 is 0 Å². The summed E-state index contributed by atoms with van der Waals surface area (Å²) in [5.41, 5.74) is 3.80. The Kier molecular flexibility index (Phi) is 3.53. The summed E-state index contributed by atoms with van der Waals surface area (Å²) < 4.78 is 5.86. The van der Waals surface area contributed by atoms with Gasteiger partial charge >= 0.3 is 108 Å². The minimum absolute atomic E-state index is 0.162. The Morgan fingerprint density at radius 2 is 1.94 bits per heavy atom. The Labute approximate surface area is 108 Å². The van der Waals surface area contributed by atoms with E-state index in [0.29, 0.717) is 0 Å². The molecule has 0 radical (unpaired) electrons. The first kappa shape index (κ1) is 11.6. The monoisotopic (exact) mass is 237 g/mol. The number of hydrogen-bond donors (Lipinski definition) is 1. The van der Waals surface area contributed by atoms with Crippen molar-refractivity contribution in [2.24, 2.45) is 0 Å². The molecule has 1 aromatic heterocycles. The fraction of sp³-hybridized carbons (Fsp3) is 0.267. The fourth-order valence-corrected chi connectivity index (χ4v) is 2.42. The molecule has 1 aliphatic rings. The zero-order valence-corrected chi connectivity index (χ0v) is 10.3. The summed E-state index contributed by atoms with van der Waals surface area (Å²) in [7, 11) is 0. The van der Waals surface area contributed by atoms with Crippen molar-refractivity contribution >= 4 is 6.91 Å². The van der Waals surface area contributed by atoms with Gasteiger partial charge in [0.1, 0.15) is 0 Å². The SMILES string of the molecule is b1ccc(-c2ccccc2C2CNCCO2)cc1. The molecule has 0 saturated carbocycles. The molecular formula is C15H16BNO. The van der Waals surface area contributed by atoms with E-state index in [4.69, 9.17) is 4.74 Å². The van der Waals surface area contributed by atoms with Crippen molar-refractivity contribution in [3.8, 4) is 11.1 Å². The summed E-state index contributed by atoms with van der Waals surface area (Å²) in [4.78, 5) is 0. The molecule has 2 nitrogen and oxygen atoms in total. The molecule has 1 N–H and O–H groups in total. The summed E-state index contributed by atoms with van der Waals surface area (Å²) in [6.07, 6.45) is 0.162. The third-order valence-corrected chi connectivity index (χ3v) is 3.32. The van der Waals surface area contributed by atoms with Crippen LogP contribution < -0.4 is 5.32 Å². The van der Waals surface area contributed by atoms with Gasteiger partial charge in [-0.3, -0.25) is 0 Å². The van der Waals surface area contributed by atoms with Crippen LogP contribution in [0.1, 0.15) is 11.7 Å². The van der Waals surface area contributed by atoms with Crippen LogP contribution in [0, 0.1) is 0 Å². The van der Waals surface area contributed by atoms with Crippen LogP contribution in [0.15, 0.2) is 48.3 Å². The van der Waals surface area contributed by atoms with Gasteiger partial charge in [0.2, 0.25) is 0 Å². The average molecular weight is 237 g/mol. The second-order valence-corrected chi connectivity index (χ2v) is 4.52.